The molecular weight excluding hydrogens is 338 g/mol. The van der Waals surface area contributed by atoms with Crippen LogP contribution in [0.2, 0.25) is 0 Å². The van der Waals surface area contributed by atoms with E-state index in [9.17, 15) is 13.2 Å². The third kappa shape index (κ3) is 4.10. The van der Waals surface area contributed by atoms with Gasteiger partial charge in [0.2, 0.25) is 10.0 Å². The maximum atomic E-state index is 12.8. The zero-order chi connectivity index (χ0) is 17.0. The topological polar surface area (TPSA) is 83.9 Å². The van der Waals surface area contributed by atoms with Crippen LogP contribution >= 0.6 is 11.3 Å². The Morgan fingerprint density at radius 2 is 2.09 bits per heavy atom. The highest BCUT2D eigenvalue weighted by molar-refractivity contribution is 7.89. The summed E-state index contributed by atoms with van der Waals surface area (Å²) in [6.07, 6.45) is -0.391. The minimum absolute atomic E-state index is 0.0153. The Labute approximate surface area is 139 Å². The molecular formula is C15H17NO5S2. The predicted molar refractivity (Wildman–Crippen MR) is 87.3 cm³/mol. The van der Waals surface area contributed by atoms with E-state index in [2.05, 4.69) is 0 Å². The van der Waals surface area contributed by atoms with Crippen molar-refractivity contribution in [3.63, 3.8) is 0 Å². The van der Waals surface area contributed by atoms with Crippen molar-refractivity contribution in [2.24, 2.45) is 0 Å². The summed E-state index contributed by atoms with van der Waals surface area (Å²) < 4.78 is 31.8. The van der Waals surface area contributed by atoms with Gasteiger partial charge in [-0.15, -0.1) is 0 Å². The van der Waals surface area contributed by atoms with Gasteiger partial charge in [-0.25, -0.2) is 8.42 Å². The normalized spacial score (nSPS) is 11.6. The molecule has 0 atom stereocenters. The molecule has 2 rings (SSSR count). The lowest BCUT2D eigenvalue weighted by Gasteiger charge is -2.19. The molecule has 2 aromatic rings. The van der Waals surface area contributed by atoms with E-state index in [1.165, 1.54) is 48.0 Å². The van der Waals surface area contributed by atoms with Crippen molar-refractivity contribution in [3.8, 4) is 5.75 Å². The van der Waals surface area contributed by atoms with E-state index in [1.807, 2.05) is 16.8 Å². The van der Waals surface area contributed by atoms with Crippen LogP contribution in [0.15, 0.2) is 39.9 Å². The van der Waals surface area contributed by atoms with Gasteiger partial charge in [-0.05, 0) is 46.2 Å². The second-order valence-electron chi connectivity index (χ2n) is 4.94. The van der Waals surface area contributed by atoms with E-state index in [1.54, 1.807) is 0 Å². The number of hydrogen-bond acceptors (Lipinski definition) is 5. The molecule has 23 heavy (non-hydrogen) atoms. The van der Waals surface area contributed by atoms with Crippen LogP contribution in [-0.2, 0) is 27.8 Å². The molecule has 1 aromatic carbocycles. The second-order valence-corrected chi connectivity index (χ2v) is 7.73. The van der Waals surface area contributed by atoms with Crippen LogP contribution in [0, 0.1) is 0 Å². The number of ether oxygens (including phenoxy) is 1. The lowest BCUT2D eigenvalue weighted by molar-refractivity contribution is -0.136. The molecule has 0 aliphatic rings. The molecule has 8 heteroatoms. The number of thiophene rings is 1. The monoisotopic (exact) mass is 355 g/mol. The third-order valence-electron chi connectivity index (χ3n) is 3.28. The molecule has 0 fully saturated rings. The molecule has 1 N–H and O–H groups in total. The molecule has 6 nitrogen and oxygen atoms in total. The zero-order valence-corrected chi connectivity index (χ0v) is 14.4. The van der Waals surface area contributed by atoms with Gasteiger partial charge in [0.05, 0.1) is 18.4 Å². The number of benzene rings is 1. The Morgan fingerprint density at radius 1 is 1.35 bits per heavy atom. The van der Waals surface area contributed by atoms with Crippen molar-refractivity contribution in [2.75, 3.05) is 14.2 Å². The quantitative estimate of drug-likeness (QED) is 0.823. The maximum Gasteiger partial charge on any atom is 0.307 e. The Balaban J connectivity index is 2.39. The molecule has 0 unspecified atom stereocenters. The minimum Gasteiger partial charge on any atom is -0.497 e. The van der Waals surface area contributed by atoms with Gasteiger partial charge in [-0.2, -0.15) is 15.6 Å². The molecule has 0 saturated carbocycles. The molecule has 0 aliphatic heterocycles. The first-order valence-electron chi connectivity index (χ1n) is 6.70. The summed E-state index contributed by atoms with van der Waals surface area (Å²) in [5, 5.41) is 12.8. The first kappa shape index (κ1) is 17.5. The van der Waals surface area contributed by atoms with E-state index in [4.69, 9.17) is 9.84 Å². The molecule has 0 radical (unpaired) electrons. The first-order valence-corrected chi connectivity index (χ1v) is 9.09. The summed E-state index contributed by atoms with van der Waals surface area (Å²) in [4.78, 5) is 11.0. The molecule has 0 bridgehead atoms. The van der Waals surface area contributed by atoms with Crippen molar-refractivity contribution >= 4 is 27.3 Å². The van der Waals surface area contributed by atoms with Gasteiger partial charge in [-0.1, -0.05) is 0 Å². The van der Waals surface area contributed by atoms with Crippen molar-refractivity contribution in [1.29, 1.82) is 0 Å². The zero-order valence-electron chi connectivity index (χ0n) is 12.7. The second kappa shape index (κ2) is 7.12. The van der Waals surface area contributed by atoms with Crippen LogP contribution in [0.1, 0.15) is 11.1 Å². The molecule has 0 aliphatic carbocycles. The lowest BCUT2D eigenvalue weighted by atomic mass is 10.1. The number of carboxylic acid groups (broad SMARTS) is 1. The summed E-state index contributed by atoms with van der Waals surface area (Å²) in [6, 6.07) is 6.19. The molecule has 0 amide bonds. The smallest absolute Gasteiger partial charge is 0.307 e. The first-order chi connectivity index (χ1) is 10.8. The van der Waals surface area contributed by atoms with Crippen molar-refractivity contribution < 1.29 is 23.1 Å². The SMILES string of the molecule is COc1ccc(S(=O)(=O)N(C)Cc2ccsc2)c(CC(=O)O)c1. The van der Waals surface area contributed by atoms with Crippen molar-refractivity contribution in [2.45, 2.75) is 17.9 Å². The Hall–Kier alpha value is -1.90. The van der Waals surface area contributed by atoms with Crippen LogP contribution in [0.25, 0.3) is 0 Å². The molecule has 0 saturated heterocycles. The van der Waals surface area contributed by atoms with E-state index in [0.29, 0.717) is 5.75 Å². The number of carbonyl (C=O) groups is 1. The molecule has 124 valence electrons. The number of hydrogen-bond donors (Lipinski definition) is 1. The minimum atomic E-state index is -3.80. The lowest BCUT2D eigenvalue weighted by Crippen LogP contribution is -2.27. The Bertz CT molecular complexity index is 784. The molecule has 0 spiro atoms. The van der Waals surface area contributed by atoms with Gasteiger partial charge in [0, 0.05) is 13.6 Å². The van der Waals surface area contributed by atoms with Crippen LogP contribution in [0.3, 0.4) is 0 Å². The van der Waals surface area contributed by atoms with Gasteiger partial charge in [0.1, 0.15) is 5.75 Å². The van der Waals surface area contributed by atoms with Crippen LogP contribution < -0.4 is 4.74 Å². The van der Waals surface area contributed by atoms with Crippen molar-refractivity contribution in [1.82, 2.24) is 4.31 Å². The average Bonchev–Trinajstić information content (AvgIpc) is 2.99. The summed E-state index contributed by atoms with van der Waals surface area (Å²) >= 11 is 1.49. The highest BCUT2D eigenvalue weighted by Gasteiger charge is 2.25. The van der Waals surface area contributed by atoms with Gasteiger partial charge < -0.3 is 9.84 Å². The van der Waals surface area contributed by atoms with Crippen LogP contribution in [0.5, 0.6) is 5.75 Å². The molecule has 1 heterocycles. The van der Waals surface area contributed by atoms with Crippen molar-refractivity contribution in [3.05, 3.63) is 46.2 Å². The van der Waals surface area contributed by atoms with E-state index >= 15 is 0 Å². The van der Waals surface area contributed by atoms with E-state index in [0.717, 1.165) is 5.56 Å². The number of sulfonamides is 1. The van der Waals surface area contributed by atoms with Gasteiger partial charge >= 0.3 is 5.97 Å². The van der Waals surface area contributed by atoms with Gasteiger partial charge in [0.15, 0.2) is 0 Å². The van der Waals surface area contributed by atoms with Crippen LogP contribution in [0.4, 0.5) is 0 Å². The van der Waals surface area contributed by atoms with Crippen LogP contribution in [-0.4, -0.2) is 38.0 Å². The fraction of sp³-hybridized carbons (Fsp3) is 0.267. The standard InChI is InChI=1S/C15H17NO5S2/c1-16(9-11-5-6-22-10-11)23(19,20)14-4-3-13(21-2)7-12(14)8-15(17)18/h3-7,10H,8-9H2,1-2H3,(H,17,18). The molecule has 1 aromatic heterocycles. The summed E-state index contributed by atoms with van der Waals surface area (Å²) in [6.45, 7) is 0.227. The fourth-order valence-corrected chi connectivity index (χ4v) is 4.15. The van der Waals surface area contributed by atoms with E-state index in [-0.39, 0.29) is 17.0 Å². The summed E-state index contributed by atoms with van der Waals surface area (Å²) in [7, 11) is -0.882. The predicted octanol–water partition coefficient (Wildman–Crippen LogP) is 2.20. The van der Waals surface area contributed by atoms with E-state index < -0.39 is 22.4 Å². The average molecular weight is 355 g/mol. The Kier molecular flexibility index (Phi) is 5.40. The summed E-state index contributed by atoms with van der Waals surface area (Å²) in [5.41, 5.74) is 1.09. The number of nitrogens with zero attached hydrogens (tertiary/aromatic N) is 1. The summed E-state index contributed by atoms with van der Waals surface area (Å²) in [5.74, 6) is -0.684. The highest BCUT2D eigenvalue weighted by atomic mass is 32.2. The highest BCUT2D eigenvalue weighted by Crippen LogP contribution is 2.26. The number of methoxy groups -OCH3 is 1. The van der Waals surface area contributed by atoms with Gasteiger partial charge in [-0.3, -0.25) is 4.79 Å². The largest absolute Gasteiger partial charge is 0.497 e. The Morgan fingerprint density at radius 3 is 2.65 bits per heavy atom. The van der Waals surface area contributed by atoms with Gasteiger partial charge in [0.25, 0.3) is 0 Å². The number of rotatable bonds is 7. The third-order valence-corrected chi connectivity index (χ3v) is 5.92. The number of aliphatic carboxylic acids is 1. The fourth-order valence-electron chi connectivity index (χ4n) is 2.13. The maximum absolute atomic E-state index is 12.8. The number of carboxylic acids is 1.